The van der Waals surface area contributed by atoms with Crippen molar-refractivity contribution in [3.05, 3.63) is 18.5 Å². The third-order valence-electron chi connectivity index (χ3n) is 5.11. The molecule has 1 N–H and O–H groups in total. The van der Waals surface area contributed by atoms with Gasteiger partial charge in [-0.25, -0.2) is 0 Å². The van der Waals surface area contributed by atoms with Gasteiger partial charge in [0.25, 0.3) is 0 Å². The van der Waals surface area contributed by atoms with Crippen LogP contribution in [0.25, 0.3) is 0 Å². The first kappa shape index (κ1) is 16.0. The highest BCUT2D eigenvalue weighted by molar-refractivity contribution is 5.87. The molecule has 1 aromatic heterocycles. The van der Waals surface area contributed by atoms with Gasteiger partial charge in [0.1, 0.15) is 6.04 Å². The minimum absolute atomic E-state index is 0.0988. The Morgan fingerprint density at radius 3 is 2.70 bits per heavy atom. The average molecular weight is 318 g/mol. The van der Waals surface area contributed by atoms with Crippen molar-refractivity contribution in [3.8, 4) is 0 Å². The Morgan fingerprint density at radius 2 is 2.04 bits per heavy atom. The molecule has 2 atom stereocenters. The summed E-state index contributed by atoms with van der Waals surface area (Å²) in [6.45, 7) is 3.02. The van der Waals surface area contributed by atoms with Crippen molar-refractivity contribution in [2.24, 2.45) is 5.92 Å². The SMILES string of the molecule is CC(=O)N[C@@H](C(=O)N1CCC[C@@H]1Cn1cccn1)C1CCCC1. The Balaban J connectivity index is 1.70. The van der Waals surface area contributed by atoms with Crippen LogP contribution in [-0.2, 0) is 16.1 Å². The first-order valence-electron chi connectivity index (χ1n) is 8.70. The molecule has 1 saturated carbocycles. The number of hydrogen-bond donors (Lipinski definition) is 1. The van der Waals surface area contributed by atoms with Crippen LogP contribution in [0.3, 0.4) is 0 Å². The summed E-state index contributed by atoms with van der Waals surface area (Å²) < 4.78 is 1.89. The summed E-state index contributed by atoms with van der Waals surface area (Å²) in [6.07, 6.45) is 10.1. The molecule has 6 heteroatoms. The number of aromatic nitrogens is 2. The van der Waals surface area contributed by atoms with Crippen LogP contribution in [-0.4, -0.2) is 45.1 Å². The number of hydrogen-bond acceptors (Lipinski definition) is 3. The monoisotopic (exact) mass is 318 g/mol. The Kier molecular flexibility index (Phi) is 4.98. The Hall–Kier alpha value is -1.85. The van der Waals surface area contributed by atoms with Crippen molar-refractivity contribution in [1.82, 2.24) is 20.0 Å². The lowest BCUT2D eigenvalue weighted by Gasteiger charge is -2.31. The second-order valence-electron chi connectivity index (χ2n) is 6.78. The molecular weight excluding hydrogens is 292 g/mol. The Labute approximate surface area is 137 Å². The molecule has 23 heavy (non-hydrogen) atoms. The van der Waals surface area contributed by atoms with E-state index in [0.717, 1.165) is 51.6 Å². The summed E-state index contributed by atoms with van der Waals surface area (Å²) in [4.78, 5) is 26.6. The molecule has 0 radical (unpaired) electrons. The molecule has 0 aromatic carbocycles. The molecule has 2 heterocycles. The topological polar surface area (TPSA) is 67.2 Å². The van der Waals surface area contributed by atoms with E-state index in [-0.39, 0.29) is 29.8 Å². The molecule has 2 aliphatic rings. The van der Waals surface area contributed by atoms with Gasteiger partial charge in [-0.15, -0.1) is 0 Å². The summed E-state index contributed by atoms with van der Waals surface area (Å²) in [5.41, 5.74) is 0. The van der Waals surface area contributed by atoms with Gasteiger partial charge in [-0.1, -0.05) is 12.8 Å². The molecule has 126 valence electrons. The molecule has 1 aliphatic heterocycles. The molecule has 0 unspecified atom stereocenters. The molecule has 0 spiro atoms. The number of amides is 2. The maximum atomic E-state index is 13.1. The van der Waals surface area contributed by atoms with Gasteiger partial charge in [0, 0.05) is 25.9 Å². The predicted octanol–water partition coefficient (Wildman–Crippen LogP) is 1.57. The molecule has 1 aliphatic carbocycles. The lowest BCUT2D eigenvalue weighted by atomic mass is 9.96. The molecule has 0 bridgehead atoms. The second-order valence-corrected chi connectivity index (χ2v) is 6.78. The second kappa shape index (κ2) is 7.15. The number of likely N-dealkylation sites (tertiary alicyclic amines) is 1. The predicted molar refractivity (Wildman–Crippen MR) is 86.5 cm³/mol. The summed E-state index contributed by atoms with van der Waals surface area (Å²) in [6, 6.07) is 1.73. The van der Waals surface area contributed by atoms with Crippen molar-refractivity contribution in [2.75, 3.05) is 6.54 Å². The van der Waals surface area contributed by atoms with Crippen LogP contribution >= 0.6 is 0 Å². The van der Waals surface area contributed by atoms with E-state index < -0.39 is 0 Å². The van der Waals surface area contributed by atoms with E-state index in [2.05, 4.69) is 10.4 Å². The normalized spacial score (nSPS) is 23.2. The van der Waals surface area contributed by atoms with Crippen LogP contribution in [0.4, 0.5) is 0 Å². The zero-order valence-electron chi connectivity index (χ0n) is 13.8. The van der Waals surface area contributed by atoms with Gasteiger partial charge in [0.05, 0.1) is 12.6 Å². The van der Waals surface area contributed by atoms with E-state index in [4.69, 9.17) is 0 Å². The van der Waals surface area contributed by atoms with Gasteiger partial charge in [0.15, 0.2) is 0 Å². The van der Waals surface area contributed by atoms with Gasteiger partial charge < -0.3 is 10.2 Å². The van der Waals surface area contributed by atoms with Crippen LogP contribution in [0.1, 0.15) is 45.4 Å². The van der Waals surface area contributed by atoms with E-state index in [1.807, 2.05) is 21.8 Å². The number of nitrogens with zero attached hydrogens (tertiary/aromatic N) is 3. The average Bonchev–Trinajstić information content (AvgIpc) is 3.26. The summed E-state index contributed by atoms with van der Waals surface area (Å²) in [5, 5.41) is 7.18. The van der Waals surface area contributed by atoms with Crippen LogP contribution in [0.5, 0.6) is 0 Å². The minimum atomic E-state index is -0.353. The number of nitrogens with one attached hydrogen (secondary N) is 1. The summed E-state index contributed by atoms with van der Waals surface area (Å²) >= 11 is 0. The van der Waals surface area contributed by atoms with Crippen molar-refractivity contribution in [2.45, 2.75) is 64.1 Å². The number of carbonyl (C=O) groups is 2. The quantitative estimate of drug-likeness (QED) is 0.896. The van der Waals surface area contributed by atoms with E-state index in [9.17, 15) is 9.59 Å². The molecular formula is C17H26N4O2. The third-order valence-corrected chi connectivity index (χ3v) is 5.11. The molecule has 1 saturated heterocycles. The van der Waals surface area contributed by atoms with Gasteiger partial charge in [-0.2, -0.15) is 5.10 Å². The van der Waals surface area contributed by atoms with E-state index in [1.165, 1.54) is 6.92 Å². The van der Waals surface area contributed by atoms with Crippen molar-refractivity contribution < 1.29 is 9.59 Å². The Morgan fingerprint density at radius 1 is 1.26 bits per heavy atom. The van der Waals surface area contributed by atoms with E-state index >= 15 is 0 Å². The highest BCUT2D eigenvalue weighted by Crippen LogP contribution is 2.30. The van der Waals surface area contributed by atoms with Gasteiger partial charge in [-0.05, 0) is 37.7 Å². The number of rotatable bonds is 5. The fourth-order valence-electron chi connectivity index (χ4n) is 4.01. The zero-order valence-corrected chi connectivity index (χ0v) is 13.8. The van der Waals surface area contributed by atoms with Crippen molar-refractivity contribution in [1.29, 1.82) is 0 Å². The van der Waals surface area contributed by atoms with Crippen LogP contribution in [0.2, 0.25) is 0 Å². The standard InChI is InChI=1S/C17H26N4O2/c1-13(22)19-16(14-6-2-3-7-14)17(23)21-11-4-8-15(21)12-20-10-5-9-18-20/h5,9-10,14-16H,2-4,6-8,11-12H2,1H3,(H,19,22)/t15-,16-/m1/s1. The van der Waals surface area contributed by atoms with Crippen molar-refractivity contribution >= 4 is 11.8 Å². The third kappa shape index (κ3) is 3.74. The van der Waals surface area contributed by atoms with E-state index in [1.54, 1.807) is 6.20 Å². The number of carbonyl (C=O) groups excluding carboxylic acids is 2. The lowest BCUT2D eigenvalue weighted by molar-refractivity contribution is -0.138. The van der Waals surface area contributed by atoms with Gasteiger partial charge >= 0.3 is 0 Å². The fraction of sp³-hybridized carbons (Fsp3) is 0.706. The first-order chi connectivity index (χ1) is 11.1. The summed E-state index contributed by atoms with van der Waals surface area (Å²) in [5.74, 6) is 0.275. The first-order valence-corrected chi connectivity index (χ1v) is 8.70. The minimum Gasteiger partial charge on any atom is -0.344 e. The molecule has 1 aromatic rings. The van der Waals surface area contributed by atoms with Gasteiger partial charge in [0.2, 0.25) is 11.8 Å². The molecule has 3 rings (SSSR count). The summed E-state index contributed by atoms with van der Waals surface area (Å²) in [7, 11) is 0. The van der Waals surface area contributed by atoms with Crippen molar-refractivity contribution in [3.63, 3.8) is 0 Å². The lowest BCUT2D eigenvalue weighted by Crippen LogP contribution is -2.53. The highest BCUT2D eigenvalue weighted by atomic mass is 16.2. The van der Waals surface area contributed by atoms with E-state index in [0.29, 0.717) is 0 Å². The van der Waals surface area contributed by atoms with Crippen LogP contribution in [0.15, 0.2) is 18.5 Å². The van der Waals surface area contributed by atoms with Crippen LogP contribution < -0.4 is 5.32 Å². The molecule has 2 amide bonds. The Bertz CT molecular complexity index is 537. The fourth-order valence-corrected chi connectivity index (χ4v) is 4.01. The molecule has 6 nitrogen and oxygen atoms in total. The zero-order chi connectivity index (χ0) is 16.2. The van der Waals surface area contributed by atoms with Gasteiger partial charge in [-0.3, -0.25) is 14.3 Å². The molecule has 2 fully saturated rings. The maximum Gasteiger partial charge on any atom is 0.245 e. The largest absolute Gasteiger partial charge is 0.344 e. The van der Waals surface area contributed by atoms with Crippen LogP contribution in [0, 0.1) is 5.92 Å². The highest BCUT2D eigenvalue weighted by Gasteiger charge is 2.38. The maximum absolute atomic E-state index is 13.1. The smallest absolute Gasteiger partial charge is 0.245 e.